The number of nitriles is 1. The SMILES string of the molecule is N#Cc1ccc(F)c(Cn2c(C(=O)O)c(-c3ccc[nH]c3=O)c3c4occc4c(F)cc32)c1. The number of fused-ring (bicyclic) bond motifs is 3. The van der Waals surface area contributed by atoms with Crippen molar-refractivity contribution in [3.8, 4) is 17.2 Å². The van der Waals surface area contributed by atoms with Gasteiger partial charge in [-0.3, -0.25) is 4.79 Å². The van der Waals surface area contributed by atoms with Crippen molar-refractivity contribution >= 4 is 27.8 Å². The minimum atomic E-state index is -1.40. The van der Waals surface area contributed by atoms with Crippen molar-refractivity contribution in [2.75, 3.05) is 0 Å². The molecule has 0 aliphatic rings. The monoisotopic (exact) mass is 445 g/mol. The molecular formula is C24H13F2N3O4. The Morgan fingerprint density at radius 3 is 2.73 bits per heavy atom. The topological polar surface area (TPSA) is 112 Å². The molecule has 7 nitrogen and oxygen atoms in total. The maximum atomic E-state index is 14.9. The number of rotatable bonds is 4. The van der Waals surface area contributed by atoms with Gasteiger partial charge in [0, 0.05) is 17.3 Å². The largest absolute Gasteiger partial charge is 0.477 e. The van der Waals surface area contributed by atoms with Gasteiger partial charge in [0.15, 0.2) is 0 Å². The molecule has 0 saturated heterocycles. The number of H-pyrrole nitrogens is 1. The van der Waals surface area contributed by atoms with Crippen LogP contribution in [0, 0.1) is 23.0 Å². The van der Waals surface area contributed by atoms with Crippen molar-refractivity contribution in [1.29, 1.82) is 5.26 Å². The van der Waals surface area contributed by atoms with Gasteiger partial charge in [-0.1, -0.05) is 0 Å². The summed E-state index contributed by atoms with van der Waals surface area (Å²) < 4.78 is 36.2. The average Bonchev–Trinajstić information content (AvgIpc) is 3.39. The maximum Gasteiger partial charge on any atom is 0.353 e. The molecule has 0 aliphatic carbocycles. The Morgan fingerprint density at radius 1 is 1.18 bits per heavy atom. The number of nitrogens with zero attached hydrogens (tertiary/aromatic N) is 2. The highest BCUT2D eigenvalue weighted by molar-refractivity contribution is 6.17. The molecule has 0 saturated carbocycles. The Balaban J connectivity index is 1.95. The summed E-state index contributed by atoms with van der Waals surface area (Å²) in [5, 5.41) is 19.6. The molecule has 0 amide bonds. The zero-order valence-corrected chi connectivity index (χ0v) is 16.7. The first-order valence-corrected chi connectivity index (χ1v) is 9.72. The standard InChI is InChI=1S/C24H13F2N3O4/c25-16-4-3-12(10-27)8-13(16)11-29-18-9-17(26)14-5-7-33-22(14)20(18)19(21(29)24(31)32)15-2-1-6-28-23(15)30/h1-9H,11H2,(H,28,30)(H,31,32). The molecule has 3 aromatic heterocycles. The fourth-order valence-electron chi connectivity index (χ4n) is 4.11. The van der Waals surface area contributed by atoms with E-state index < -0.39 is 23.2 Å². The van der Waals surface area contributed by atoms with E-state index in [4.69, 9.17) is 4.42 Å². The highest BCUT2D eigenvalue weighted by Crippen LogP contribution is 2.40. The van der Waals surface area contributed by atoms with Crippen LogP contribution in [0.2, 0.25) is 0 Å². The van der Waals surface area contributed by atoms with Crippen LogP contribution in [0.15, 0.2) is 64.1 Å². The highest BCUT2D eigenvalue weighted by atomic mass is 19.1. The van der Waals surface area contributed by atoms with Crippen LogP contribution in [0.4, 0.5) is 8.78 Å². The Kier molecular flexibility index (Phi) is 4.57. The van der Waals surface area contributed by atoms with Crippen LogP contribution < -0.4 is 5.56 Å². The minimum absolute atomic E-state index is 0.0242. The van der Waals surface area contributed by atoms with Gasteiger partial charge in [0.1, 0.15) is 22.9 Å². The Bertz CT molecular complexity index is 1690. The first-order valence-electron chi connectivity index (χ1n) is 9.72. The van der Waals surface area contributed by atoms with Gasteiger partial charge in [0.25, 0.3) is 5.56 Å². The predicted molar refractivity (Wildman–Crippen MR) is 115 cm³/mol. The smallest absolute Gasteiger partial charge is 0.353 e. The number of aromatic amines is 1. The van der Waals surface area contributed by atoms with Crippen LogP contribution in [0.3, 0.4) is 0 Å². The summed E-state index contributed by atoms with van der Waals surface area (Å²) in [7, 11) is 0. The van der Waals surface area contributed by atoms with E-state index in [9.17, 15) is 28.7 Å². The molecule has 0 radical (unpaired) electrons. The Hall–Kier alpha value is -4.71. The number of halogens is 2. The molecular weight excluding hydrogens is 432 g/mol. The number of nitrogens with one attached hydrogen (secondary N) is 1. The fourth-order valence-corrected chi connectivity index (χ4v) is 4.11. The van der Waals surface area contributed by atoms with Gasteiger partial charge in [-0.15, -0.1) is 0 Å². The number of aromatic carboxylic acids is 1. The molecule has 5 aromatic rings. The van der Waals surface area contributed by atoms with E-state index in [1.807, 2.05) is 6.07 Å². The third-order valence-electron chi connectivity index (χ3n) is 5.51. The van der Waals surface area contributed by atoms with Crippen LogP contribution >= 0.6 is 0 Å². The summed E-state index contributed by atoms with van der Waals surface area (Å²) in [6.45, 7) is -0.324. The van der Waals surface area contributed by atoms with Crippen molar-refractivity contribution in [3.63, 3.8) is 0 Å². The molecule has 3 heterocycles. The lowest BCUT2D eigenvalue weighted by molar-refractivity contribution is 0.0687. The van der Waals surface area contributed by atoms with E-state index in [0.29, 0.717) is 0 Å². The first-order chi connectivity index (χ1) is 15.9. The number of aromatic nitrogens is 2. The number of furan rings is 1. The van der Waals surface area contributed by atoms with Gasteiger partial charge < -0.3 is 19.1 Å². The molecule has 162 valence electrons. The van der Waals surface area contributed by atoms with Gasteiger partial charge in [-0.25, -0.2) is 13.6 Å². The van der Waals surface area contributed by atoms with E-state index >= 15 is 0 Å². The number of carboxylic acids is 1. The maximum absolute atomic E-state index is 14.9. The van der Waals surface area contributed by atoms with Crippen molar-refractivity contribution in [3.05, 3.63) is 93.7 Å². The normalized spacial score (nSPS) is 11.2. The van der Waals surface area contributed by atoms with E-state index in [0.717, 1.165) is 12.1 Å². The zero-order chi connectivity index (χ0) is 23.3. The first kappa shape index (κ1) is 20.2. The zero-order valence-electron chi connectivity index (χ0n) is 16.7. The summed E-state index contributed by atoms with van der Waals surface area (Å²) in [5.41, 5.74) is -0.457. The average molecular weight is 445 g/mol. The second-order valence-electron chi connectivity index (χ2n) is 7.36. The summed E-state index contributed by atoms with van der Waals surface area (Å²) >= 11 is 0. The van der Waals surface area contributed by atoms with E-state index in [1.54, 1.807) is 0 Å². The van der Waals surface area contributed by atoms with Gasteiger partial charge >= 0.3 is 5.97 Å². The predicted octanol–water partition coefficient (Wildman–Crippen LogP) is 4.64. The van der Waals surface area contributed by atoms with Crippen molar-refractivity contribution in [2.24, 2.45) is 0 Å². The molecule has 2 N–H and O–H groups in total. The number of benzene rings is 2. The minimum Gasteiger partial charge on any atom is -0.477 e. The van der Waals surface area contributed by atoms with Gasteiger partial charge in [-0.05, 0) is 42.5 Å². The molecule has 0 spiro atoms. The summed E-state index contributed by atoms with van der Waals surface area (Å²) in [5.74, 6) is -2.73. The van der Waals surface area contributed by atoms with E-state index in [1.165, 1.54) is 47.4 Å². The summed E-state index contributed by atoms with van der Waals surface area (Å²) in [4.78, 5) is 27.6. The highest BCUT2D eigenvalue weighted by Gasteiger charge is 2.29. The molecule has 5 rings (SSSR count). The third-order valence-corrected chi connectivity index (χ3v) is 5.51. The molecule has 33 heavy (non-hydrogen) atoms. The molecule has 9 heteroatoms. The number of hydrogen-bond acceptors (Lipinski definition) is 4. The number of hydrogen-bond donors (Lipinski definition) is 2. The Labute approximate surface area is 183 Å². The summed E-state index contributed by atoms with van der Waals surface area (Å²) in [6, 6.07) is 11.1. The van der Waals surface area contributed by atoms with Gasteiger partial charge in [0.2, 0.25) is 0 Å². The van der Waals surface area contributed by atoms with Gasteiger partial charge in [0.05, 0.1) is 46.3 Å². The fraction of sp³-hybridized carbons (Fsp3) is 0.0417. The van der Waals surface area contributed by atoms with E-state index in [2.05, 4.69) is 4.98 Å². The quantitative estimate of drug-likeness (QED) is 0.419. The number of carbonyl (C=O) groups is 1. The summed E-state index contributed by atoms with van der Waals surface area (Å²) in [6.07, 6.45) is 2.66. The Morgan fingerprint density at radius 2 is 2.00 bits per heavy atom. The molecule has 2 aromatic carbocycles. The van der Waals surface area contributed by atoms with Gasteiger partial charge in [-0.2, -0.15) is 5.26 Å². The van der Waals surface area contributed by atoms with Crippen LogP contribution in [0.25, 0.3) is 33.0 Å². The van der Waals surface area contributed by atoms with Crippen molar-refractivity contribution in [1.82, 2.24) is 9.55 Å². The van der Waals surface area contributed by atoms with Crippen LogP contribution in [-0.2, 0) is 6.54 Å². The second kappa shape index (κ2) is 7.46. The second-order valence-corrected chi connectivity index (χ2v) is 7.36. The molecule has 0 unspecified atom stereocenters. The molecule has 0 fully saturated rings. The molecule has 0 bridgehead atoms. The molecule has 0 aliphatic heterocycles. The van der Waals surface area contributed by atoms with Crippen LogP contribution in [-0.4, -0.2) is 20.6 Å². The molecule has 0 atom stereocenters. The van der Waals surface area contributed by atoms with Crippen molar-refractivity contribution in [2.45, 2.75) is 6.54 Å². The number of carboxylic acid groups (broad SMARTS) is 1. The van der Waals surface area contributed by atoms with E-state index in [-0.39, 0.29) is 56.4 Å². The van der Waals surface area contributed by atoms with Crippen LogP contribution in [0.5, 0.6) is 0 Å². The lowest BCUT2D eigenvalue weighted by Crippen LogP contribution is -2.14. The third kappa shape index (κ3) is 3.08. The lowest BCUT2D eigenvalue weighted by atomic mass is 10.0. The lowest BCUT2D eigenvalue weighted by Gasteiger charge is -2.11. The van der Waals surface area contributed by atoms with Crippen molar-refractivity contribution < 1.29 is 23.1 Å². The number of pyridine rings is 1. The van der Waals surface area contributed by atoms with Crippen LogP contribution in [0.1, 0.15) is 21.6 Å².